The molecule has 0 amide bonds. The van der Waals surface area contributed by atoms with Crippen molar-refractivity contribution in [2.24, 2.45) is 0 Å². The first-order valence-corrected chi connectivity index (χ1v) is 9.28. The molecule has 0 radical (unpaired) electrons. The Balaban J connectivity index is 0.00000169. The van der Waals surface area contributed by atoms with Crippen LogP contribution in [0.15, 0.2) is 44.4 Å². The fraction of sp³-hybridized carbons (Fsp3) is 0.438. The molecule has 2 atom stereocenters. The predicted octanol–water partition coefficient (Wildman–Crippen LogP) is 1.73. The number of nitrogens with zero attached hydrogens (tertiary/aromatic N) is 1. The first-order chi connectivity index (χ1) is 11.1. The van der Waals surface area contributed by atoms with Crippen molar-refractivity contribution < 1.29 is 12.8 Å². The van der Waals surface area contributed by atoms with Gasteiger partial charge in [0.25, 0.3) is 0 Å². The number of sulfonamides is 1. The van der Waals surface area contributed by atoms with Crippen LogP contribution in [-0.2, 0) is 10.0 Å². The molecule has 1 N–H and O–H groups in total. The monoisotopic (exact) mass is 370 g/mol. The molecule has 2 fully saturated rings. The topological polar surface area (TPSA) is 79.6 Å². The van der Waals surface area contributed by atoms with E-state index >= 15 is 0 Å². The quantitative estimate of drug-likeness (QED) is 0.814. The van der Waals surface area contributed by atoms with Gasteiger partial charge in [0, 0.05) is 30.1 Å². The van der Waals surface area contributed by atoms with Crippen molar-refractivity contribution in [3.05, 3.63) is 40.8 Å². The van der Waals surface area contributed by atoms with E-state index < -0.39 is 15.6 Å². The van der Waals surface area contributed by atoms with E-state index in [4.69, 9.17) is 4.42 Å². The fourth-order valence-electron chi connectivity index (χ4n) is 3.66. The van der Waals surface area contributed by atoms with Gasteiger partial charge in [0.15, 0.2) is 0 Å². The maximum absolute atomic E-state index is 13.1. The standard InChI is InChI=1S/C16H18N2O4S.ClH/c19-16-6-1-11-9-14(4-5-15(11)22-16)23(20,21)18-12-2-3-13(18)10-17-8-7-12;/h1,4-6,9,12-13,17H,2-3,7-8,10H2;1H. The molecule has 3 heterocycles. The van der Waals surface area contributed by atoms with Crippen molar-refractivity contribution in [1.29, 1.82) is 0 Å². The molecule has 1 aromatic carbocycles. The van der Waals surface area contributed by atoms with Crippen molar-refractivity contribution in [3.63, 3.8) is 0 Å². The third kappa shape index (κ3) is 2.86. The summed E-state index contributed by atoms with van der Waals surface area (Å²) in [5.41, 5.74) is -0.0401. The zero-order valence-corrected chi connectivity index (χ0v) is 14.6. The number of halogens is 1. The fourth-order valence-corrected chi connectivity index (χ4v) is 5.60. The summed E-state index contributed by atoms with van der Waals surface area (Å²) < 4.78 is 33.0. The van der Waals surface area contributed by atoms with E-state index in [0.717, 1.165) is 25.8 Å². The lowest BCUT2D eigenvalue weighted by molar-refractivity contribution is 0.334. The van der Waals surface area contributed by atoms with E-state index in [-0.39, 0.29) is 29.4 Å². The summed E-state index contributed by atoms with van der Waals surface area (Å²) in [5, 5.41) is 3.93. The number of hydrogen-bond acceptors (Lipinski definition) is 5. The highest BCUT2D eigenvalue weighted by Gasteiger charge is 2.42. The van der Waals surface area contributed by atoms with E-state index in [1.165, 1.54) is 12.1 Å². The number of fused-ring (bicyclic) bond motifs is 3. The van der Waals surface area contributed by atoms with E-state index in [1.54, 1.807) is 22.5 Å². The molecule has 8 heteroatoms. The smallest absolute Gasteiger partial charge is 0.336 e. The second kappa shape index (κ2) is 6.48. The third-order valence-corrected chi connectivity index (χ3v) is 6.75. The van der Waals surface area contributed by atoms with Crippen molar-refractivity contribution in [1.82, 2.24) is 9.62 Å². The highest BCUT2D eigenvalue weighted by atomic mass is 35.5. The Morgan fingerprint density at radius 2 is 1.88 bits per heavy atom. The van der Waals surface area contributed by atoms with Crippen LogP contribution in [-0.4, -0.2) is 37.9 Å². The molecule has 2 aliphatic heterocycles. The number of nitrogens with one attached hydrogen (secondary N) is 1. The van der Waals surface area contributed by atoms with Gasteiger partial charge < -0.3 is 9.73 Å². The van der Waals surface area contributed by atoms with Crippen molar-refractivity contribution in [2.45, 2.75) is 36.2 Å². The molecule has 4 rings (SSSR count). The Kier molecular flexibility index (Phi) is 4.70. The lowest BCUT2D eigenvalue weighted by atomic mass is 10.1. The van der Waals surface area contributed by atoms with Gasteiger partial charge in [0.2, 0.25) is 10.0 Å². The molecule has 0 saturated carbocycles. The van der Waals surface area contributed by atoms with Crippen LogP contribution in [0.4, 0.5) is 0 Å². The number of rotatable bonds is 2. The summed E-state index contributed by atoms with van der Waals surface area (Å²) in [4.78, 5) is 11.5. The first kappa shape index (κ1) is 17.4. The van der Waals surface area contributed by atoms with Gasteiger partial charge in [0.05, 0.1) is 4.90 Å². The van der Waals surface area contributed by atoms with Crippen LogP contribution in [0.2, 0.25) is 0 Å². The van der Waals surface area contributed by atoms with E-state index in [9.17, 15) is 13.2 Å². The highest BCUT2D eigenvalue weighted by molar-refractivity contribution is 7.89. The second-order valence-electron chi connectivity index (χ2n) is 6.17. The van der Waals surface area contributed by atoms with Gasteiger partial charge in [-0.25, -0.2) is 13.2 Å². The minimum Gasteiger partial charge on any atom is -0.423 e. The summed E-state index contributed by atoms with van der Waals surface area (Å²) in [6.07, 6.45) is 2.67. The first-order valence-electron chi connectivity index (χ1n) is 7.84. The summed E-state index contributed by atoms with van der Waals surface area (Å²) in [6.45, 7) is 1.56. The van der Waals surface area contributed by atoms with Gasteiger partial charge in [-0.15, -0.1) is 12.4 Å². The molecule has 2 unspecified atom stereocenters. The zero-order chi connectivity index (χ0) is 16.0. The van der Waals surface area contributed by atoms with Crippen LogP contribution < -0.4 is 10.9 Å². The summed E-state index contributed by atoms with van der Waals surface area (Å²) in [7, 11) is -3.55. The molecule has 1 aromatic heterocycles. The maximum Gasteiger partial charge on any atom is 0.336 e. The normalized spacial score (nSPS) is 24.5. The van der Waals surface area contributed by atoms with Crippen LogP contribution >= 0.6 is 12.4 Å². The Morgan fingerprint density at radius 3 is 2.71 bits per heavy atom. The molecule has 2 saturated heterocycles. The molecule has 130 valence electrons. The van der Waals surface area contributed by atoms with Crippen molar-refractivity contribution in [2.75, 3.05) is 13.1 Å². The molecule has 2 bridgehead atoms. The van der Waals surface area contributed by atoms with Gasteiger partial charge in [-0.2, -0.15) is 4.31 Å². The minimum atomic E-state index is -3.55. The van der Waals surface area contributed by atoms with Crippen LogP contribution in [0.3, 0.4) is 0 Å². The van der Waals surface area contributed by atoms with Crippen LogP contribution in [0.1, 0.15) is 19.3 Å². The summed E-state index contributed by atoms with van der Waals surface area (Å²) >= 11 is 0. The molecule has 2 aliphatic rings. The molecule has 6 nitrogen and oxygen atoms in total. The van der Waals surface area contributed by atoms with Crippen molar-refractivity contribution in [3.8, 4) is 0 Å². The average molecular weight is 371 g/mol. The summed E-state index contributed by atoms with van der Waals surface area (Å²) in [5.74, 6) is 0. The van der Waals surface area contributed by atoms with Crippen LogP contribution in [0.5, 0.6) is 0 Å². The number of hydrogen-bond donors (Lipinski definition) is 1. The molecule has 0 spiro atoms. The van der Waals surface area contributed by atoms with Crippen molar-refractivity contribution >= 4 is 33.4 Å². The van der Waals surface area contributed by atoms with Crippen LogP contribution in [0, 0.1) is 0 Å². The zero-order valence-electron chi connectivity index (χ0n) is 13.0. The Hall–Kier alpha value is -1.41. The molecular weight excluding hydrogens is 352 g/mol. The lowest BCUT2D eigenvalue weighted by Gasteiger charge is -2.26. The largest absolute Gasteiger partial charge is 0.423 e. The molecule has 24 heavy (non-hydrogen) atoms. The predicted molar refractivity (Wildman–Crippen MR) is 93.1 cm³/mol. The SMILES string of the molecule is Cl.O=c1ccc2cc(S(=O)(=O)N3C4CCNCC3CC4)ccc2o1. The Labute approximate surface area is 146 Å². The summed E-state index contributed by atoms with van der Waals surface area (Å²) in [6, 6.07) is 7.67. The molecular formula is C16H19ClN2O4S. The second-order valence-corrected chi connectivity index (χ2v) is 8.01. The van der Waals surface area contributed by atoms with Gasteiger partial charge in [-0.1, -0.05) is 0 Å². The van der Waals surface area contributed by atoms with Crippen LogP contribution in [0.25, 0.3) is 11.0 Å². The highest BCUT2D eigenvalue weighted by Crippen LogP contribution is 2.34. The Morgan fingerprint density at radius 1 is 1.08 bits per heavy atom. The minimum absolute atomic E-state index is 0. The maximum atomic E-state index is 13.1. The third-order valence-electron chi connectivity index (χ3n) is 4.75. The van der Waals surface area contributed by atoms with Gasteiger partial charge >= 0.3 is 5.63 Å². The lowest BCUT2D eigenvalue weighted by Crippen LogP contribution is -2.42. The number of benzene rings is 1. The van der Waals surface area contributed by atoms with Gasteiger partial charge in [0.1, 0.15) is 5.58 Å². The van der Waals surface area contributed by atoms with E-state index in [1.807, 2.05) is 0 Å². The van der Waals surface area contributed by atoms with E-state index in [2.05, 4.69) is 5.32 Å². The molecule has 2 aromatic rings. The van der Waals surface area contributed by atoms with E-state index in [0.29, 0.717) is 17.5 Å². The molecule has 0 aliphatic carbocycles. The average Bonchev–Trinajstić information content (AvgIpc) is 2.80. The van der Waals surface area contributed by atoms with Gasteiger partial charge in [-0.3, -0.25) is 0 Å². The Bertz CT molecular complexity index is 898. The van der Waals surface area contributed by atoms with Gasteiger partial charge in [-0.05, 0) is 50.1 Å².